The van der Waals surface area contributed by atoms with Crippen molar-refractivity contribution < 1.29 is 4.39 Å². The highest BCUT2D eigenvalue weighted by molar-refractivity contribution is 9.10. The van der Waals surface area contributed by atoms with E-state index in [2.05, 4.69) is 15.9 Å². The van der Waals surface area contributed by atoms with E-state index in [0.29, 0.717) is 4.47 Å². The summed E-state index contributed by atoms with van der Waals surface area (Å²) in [5.74, 6) is -0.203. The molecule has 2 N–H and O–H groups in total. The van der Waals surface area contributed by atoms with Gasteiger partial charge in [0, 0.05) is 5.54 Å². The quantitative estimate of drug-likeness (QED) is 0.866. The monoisotopic (exact) mass is 257 g/mol. The summed E-state index contributed by atoms with van der Waals surface area (Å²) in [5, 5.41) is 0. The number of hydrogen-bond acceptors (Lipinski definition) is 1. The maximum atomic E-state index is 13.2. The number of benzene rings is 1. The minimum atomic E-state index is -0.203. The van der Waals surface area contributed by atoms with Crippen LogP contribution in [0.1, 0.15) is 24.8 Å². The van der Waals surface area contributed by atoms with Gasteiger partial charge in [-0.25, -0.2) is 4.39 Å². The van der Waals surface area contributed by atoms with Crippen LogP contribution in [-0.2, 0) is 6.42 Å². The van der Waals surface area contributed by atoms with Gasteiger partial charge in [0.25, 0.3) is 0 Å². The van der Waals surface area contributed by atoms with Crippen molar-refractivity contribution in [3.05, 3.63) is 34.1 Å². The Morgan fingerprint density at radius 1 is 1.43 bits per heavy atom. The van der Waals surface area contributed by atoms with Crippen LogP contribution in [-0.4, -0.2) is 5.54 Å². The lowest BCUT2D eigenvalue weighted by Crippen LogP contribution is -2.48. The molecule has 1 aliphatic rings. The smallest absolute Gasteiger partial charge is 0.137 e. The second-order valence-electron chi connectivity index (χ2n) is 4.11. The minimum absolute atomic E-state index is 0.0870. The normalized spacial score (nSPS) is 19.1. The molecule has 1 aromatic carbocycles. The lowest BCUT2D eigenvalue weighted by atomic mass is 9.74. The van der Waals surface area contributed by atoms with Crippen LogP contribution in [0.2, 0.25) is 0 Å². The summed E-state index contributed by atoms with van der Waals surface area (Å²) in [6.07, 6.45) is 4.07. The average molecular weight is 258 g/mol. The van der Waals surface area contributed by atoms with Crippen molar-refractivity contribution in [1.29, 1.82) is 0 Å². The second-order valence-corrected chi connectivity index (χ2v) is 4.90. The predicted octanol–water partition coefficient (Wildman–Crippen LogP) is 3.01. The first kappa shape index (κ1) is 10.1. The van der Waals surface area contributed by atoms with Gasteiger partial charge >= 0.3 is 0 Å². The van der Waals surface area contributed by atoms with Gasteiger partial charge in [0.2, 0.25) is 0 Å². The van der Waals surface area contributed by atoms with E-state index in [9.17, 15) is 4.39 Å². The van der Waals surface area contributed by atoms with Gasteiger partial charge in [0.1, 0.15) is 5.82 Å². The lowest BCUT2D eigenvalue weighted by Gasteiger charge is -2.38. The van der Waals surface area contributed by atoms with Crippen LogP contribution in [0.4, 0.5) is 4.39 Å². The number of halogens is 2. The highest BCUT2D eigenvalue weighted by Crippen LogP contribution is 2.34. The van der Waals surface area contributed by atoms with E-state index in [1.807, 2.05) is 6.07 Å². The van der Waals surface area contributed by atoms with Crippen molar-refractivity contribution in [2.75, 3.05) is 0 Å². The fraction of sp³-hybridized carbons (Fsp3) is 0.455. The van der Waals surface area contributed by atoms with Gasteiger partial charge in [-0.15, -0.1) is 0 Å². The van der Waals surface area contributed by atoms with Gasteiger partial charge < -0.3 is 5.73 Å². The minimum Gasteiger partial charge on any atom is -0.325 e. The summed E-state index contributed by atoms with van der Waals surface area (Å²) in [6, 6.07) is 5.12. The molecule has 0 aromatic heterocycles. The van der Waals surface area contributed by atoms with Gasteiger partial charge in [-0.1, -0.05) is 12.1 Å². The van der Waals surface area contributed by atoms with Gasteiger partial charge in [-0.05, 0) is 53.2 Å². The molecule has 1 nitrogen and oxygen atoms in total. The fourth-order valence-electron chi connectivity index (χ4n) is 1.87. The Bertz CT molecular complexity index is 347. The lowest BCUT2D eigenvalue weighted by molar-refractivity contribution is 0.247. The molecule has 1 saturated carbocycles. The Morgan fingerprint density at radius 2 is 2.14 bits per heavy atom. The molecular weight excluding hydrogens is 245 g/mol. The first-order chi connectivity index (χ1) is 6.61. The van der Waals surface area contributed by atoms with Crippen LogP contribution < -0.4 is 5.73 Å². The van der Waals surface area contributed by atoms with Crippen LogP contribution in [0.25, 0.3) is 0 Å². The molecule has 0 unspecified atom stereocenters. The van der Waals surface area contributed by atoms with Crippen LogP contribution >= 0.6 is 15.9 Å². The highest BCUT2D eigenvalue weighted by Gasteiger charge is 2.33. The van der Waals surface area contributed by atoms with Crippen LogP contribution in [0.5, 0.6) is 0 Å². The molecule has 0 heterocycles. The molecule has 0 spiro atoms. The molecule has 0 amide bonds. The van der Waals surface area contributed by atoms with E-state index < -0.39 is 0 Å². The Kier molecular flexibility index (Phi) is 2.62. The molecule has 14 heavy (non-hydrogen) atoms. The molecule has 0 radical (unpaired) electrons. The SMILES string of the molecule is NC1(Cc2cccc(F)c2Br)CCC1. The Morgan fingerprint density at radius 3 is 2.71 bits per heavy atom. The van der Waals surface area contributed by atoms with Crippen molar-refractivity contribution in [2.24, 2.45) is 5.73 Å². The summed E-state index contributed by atoms with van der Waals surface area (Å²) in [7, 11) is 0. The number of hydrogen-bond donors (Lipinski definition) is 1. The van der Waals surface area contributed by atoms with Crippen LogP contribution in [0.3, 0.4) is 0 Å². The van der Waals surface area contributed by atoms with E-state index in [1.165, 1.54) is 12.5 Å². The summed E-state index contributed by atoms with van der Waals surface area (Å²) in [5.41, 5.74) is 7.00. The van der Waals surface area contributed by atoms with E-state index in [4.69, 9.17) is 5.73 Å². The third-order valence-electron chi connectivity index (χ3n) is 2.92. The fourth-order valence-corrected chi connectivity index (χ4v) is 2.28. The molecule has 76 valence electrons. The maximum absolute atomic E-state index is 13.2. The number of nitrogens with two attached hydrogens (primary N) is 1. The molecule has 1 aliphatic carbocycles. The standard InChI is InChI=1S/C11H13BrFN/c12-10-8(3-1-4-9(10)13)7-11(14)5-2-6-11/h1,3-4H,2,5-7,14H2. The first-order valence-corrected chi connectivity index (χ1v) is 5.62. The second kappa shape index (κ2) is 3.63. The van der Waals surface area contributed by atoms with Crippen LogP contribution in [0.15, 0.2) is 22.7 Å². The topological polar surface area (TPSA) is 26.0 Å². The molecule has 0 aliphatic heterocycles. The molecule has 3 heteroatoms. The van der Waals surface area contributed by atoms with Crippen LogP contribution in [0, 0.1) is 5.82 Å². The van der Waals surface area contributed by atoms with Crippen molar-refractivity contribution >= 4 is 15.9 Å². The average Bonchev–Trinajstić information content (AvgIpc) is 2.10. The van der Waals surface area contributed by atoms with Gasteiger partial charge in [-0.3, -0.25) is 0 Å². The molecule has 1 fully saturated rings. The van der Waals surface area contributed by atoms with Gasteiger partial charge in [0.05, 0.1) is 4.47 Å². The van der Waals surface area contributed by atoms with Crippen molar-refractivity contribution in [1.82, 2.24) is 0 Å². The van der Waals surface area contributed by atoms with Crippen molar-refractivity contribution in [2.45, 2.75) is 31.2 Å². The summed E-state index contributed by atoms with van der Waals surface area (Å²) < 4.78 is 13.8. The maximum Gasteiger partial charge on any atom is 0.137 e. The zero-order valence-electron chi connectivity index (χ0n) is 7.89. The van der Waals surface area contributed by atoms with Crippen molar-refractivity contribution in [3.63, 3.8) is 0 Å². The Hall–Kier alpha value is -0.410. The highest BCUT2D eigenvalue weighted by atomic mass is 79.9. The predicted molar refractivity (Wildman–Crippen MR) is 58.6 cm³/mol. The van der Waals surface area contributed by atoms with Gasteiger partial charge in [0.15, 0.2) is 0 Å². The summed E-state index contributed by atoms with van der Waals surface area (Å²) in [4.78, 5) is 0. The molecular formula is C11H13BrFN. The Labute approximate surface area is 91.6 Å². The zero-order valence-corrected chi connectivity index (χ0v) is 9.48. The third-order valence-corrected chi connectivity index (χ3v) is 3.81. The first-order valence-electron chi connectivity index (χ1n) is 4.82. The van der Waals surface area contributed by atoms with Gasteiger partial charge in [-0.2, -0.15) is 0 Å². The van der Waals surface area contributed by atoms with Crippen molar-refractivity contribution in [3.8, 4) is 0 Å². The van der Waals surface area contributed by atoms with E-state index in [0.717, 1.165) is 24.8 Å². The molecule has 0 bridgehead atoms. The molecule has 0 saturated heterocycles. The number of rotatable bonds is 2. The largest absolute Gasteiger partial charge is 0.325 e. The van der Waals surface area contributed by atoms with E-state index in [1.54, 1.807) is 6.07 Å². The Balaban J connectivity index is 2.20. The molecule has 0 atom stereocenters. The summed E-state index contributed by atoms with van der Waals surface area (Å²) in [6.45, 7) is 0. The van der Waals surface area contributed by atoms with E-state index in [-0.39, 0.29) is 11.4 Å². The third kappa shape index (κ3) is 1.84. The molecule has 1 aromatic rings. The molecule has 2 rings (SSSR count). The van der Waals surface area contributed by atoms with E-state index >= 15 is 0 Å². The zero-order chi connectivity index (χ0) is 10.2. The summed E-state index contributed by atoms with van der Waals surface area (Å²) >= 11 is 3.26.